The molecule has 1 aromatic carbocycles. The number of hydrogen-bond acceptors (Lipinski definition) is 9. The third-order valence-corrected chi connectivity index (χ3v) is 7.70. The number of fused-ring (bicyclic) bond motifs is 1. The molecule has 10 heteroatoms. The van der Waals surface area contributed by atoms with Gasteiger partial charge in [-0.25, -0.2) is 4.98 Å². The average Bonchev–Trinajstić information content (AvgIpc) is 3.45. The van der Waals surface area contributed by atoms with Crippen molar-refractivity contribution in [2.75, 3.05) is 20.2 Å². The van der Waals surface area contributed by atoms with E-state index < -0.39 is 17.6 Å². The molecule has 1 saturated heterocycles. The zero-order valence-electron chi connectivity index (χ0n) is 24.2. The molecule has 1 amide bonds. The van der Waals surface area contributed by atoms with E-state index in [9.17, 15) is 14.7 Å². The number of unbranched alkanes of at least 4 members (excludes halogenated alkanes) is 2. The van der Waals surface area contributed by atoms with E-state index in [0.29, 0.717) is 68.2 Å². The average molecular weight is 564 g/mol. The molecule has 0 aliphatic carbocycles. The maximum Gasteiger partial charge on any atom is 0.265 e. The molecule has 1 atom stereocenters. The summed E-state index contributed by atoms with van der Waals surface area (Å²) in [4.78, 5) is 33.9. The van der Waals surface area contributed by atoms with Gasteiger partial charge in [0.2, 0.25) is 5.89 Å². The van der Waals surface area contributed by atoms with E-state index >= 15 is 0 Å². The van der Waals surface area contributed by atoms with Crippen LogP contribution in [0.25, 0.3) is 22.2 Å². The third-order valence-electron chi connectivity index (χ3n) is 7.70. The molecule has 0 saturated carbocycles. The first-order valence-electron chi connectivity index (χ1n) is 14.5. The molecule has 3 aromatic rings. The monoisotopic (exact) mass is 563 g/mol. The van der Waals surface area contributed by atoms with E-state index in [1.54, 1.807) is 13.3 Å². The number of benzene rings is 1. The number of pyridine rings is 1. The molecule has 220 valence electrons. The van der Waals surface area contributed by atoms with Crippen molar-refractivity contribution in [2.24, 2.45) is 0 Å². The predicted octanol–water partition coefficient (Wildman–Crippen LogP) is 4.82. The number of hydrogen-bond donors (Lipinski definition) is 4. The number of methoxy groups -OCH3 is 1. The summed E-state index contributed by atoms with van der Waals surface area (Å²) in [5.41, 5.74) is 1.21. The van der Waals surface area contributed by atoms with Crippen molar-refractivity contribution in [1.29, 1.82) is 5.41 Å². The Balaban J connectivity index is 1.52. The van der Waals surface area contributed by atoms with E-state index in [2.05, 4.69) is 20.6 Å². The minimum atomic E-state index is -1.06. The molecule has 41 heavy (non-hydrogen) atoms. The number of nitrogens with zero attached hydrogens (tertiary/aromatic N) is 2. The van der Waals surface area contributed by atoms with Crippen LogP contribution < -0.4 is 15.4 Å². The number of aryl methyl sites for hydroxylation is 1. The first-order valence-corrected chi connectivity index (χ1v) is 14.5. The Kier molecular flexibility index (Phi) is 10.2. The molecule has 10 nitrogen and oxygen atoms in total. The second-order valence-electron chi connectivity index (χ2n) is 10.9. The van der Waals surface area contributed by atoms with Crippen LogP contribution in [0.5, 0.6) is 5.75 Å². The Morgan fingerprint density at radius 3 is 2.73 bits per heavy atom. The molecule has 4 rings (SSSR count). The van der Waals surface area contributed by atoms with Crippen molar-refractivity contribution in [2.45, 2.75) is 83.3 Å². The fourth-order valence-electron chi connectivity index (χ4n) is 5.19. The van der Waals surface area contributed by atoms with E-state index in [-0.39, 0.29) is 17.9 Å². The number of ketones is 1. The molecule has 0 radical (unpaired) electrons. The van der Waals surface area contributed by atoms with E-state index in [0.717, 1.165) is 35.9 Å². The molecule has 4 N–H and O–H groups in total. The lowest BCUT2D eigenvalue weighted by atomic mass is 9.87. The minimum Gasteiger partial charge on any atom is -0.496 e. The number of ether oxygens (including phenoxy) is 1. The molecular formula is C31H41N5O5. The largest absolute Gasteiger partial charge is 0.496 e. The first-order chi connectivity index (χ1) is 19.7. The molecule has 0 spiro atoms. The van der Waals surface area contributed by atoms with Crippen LogP contribution in [-0.2, 0) is 9.59 Å². The van der Waals surface area contributed by atoms with Gasteiger partial charge in [0.1, 0.15) is 17.6 Å². The second-order valence-corrected chi connectivity index (χ2v) is 10.9. The summed E-state index contributed by atoms with van der Waals surface area (Å²) in [5.74, 6) is 1.11. The highest BCUT2D eigenvalue weighted by Crippen LogP contribution is 2.35. The lowest BCUT2D eigenvalue weighted by Crippen LogP contribution is -2.45. The standard InChI is InChI=1S/C31H41N5O5/c1-4-22(37)8-6-5-7-9-25(36-29(38)24(32)18-31(39)12-14-33-15-13-31)30-34-19-28(41-30)23-16-21-11-10-20(2)35-26(21)17-27(23)40-3/h10-11,16-17,19,25,32-33,39H,4-9,12-15,18H2,1-3H3,(H,36,38)/t25-/m0/s1. The summed E-state index contributed by atoms with van der Waals surface area (Å²) in [6.07, 6.45) is 6.56. The van der Waals surface area contributed by atoms with Crippen molar-refractivity contribution in [3.63, 3.8) is 0 Å². The van der Waals surface area contributed by atoms with Gasteiger partial charge < -0.3 is 24.9 Å². The molecule has 1 aliphatic heterocycles. The Morgan fingerprint density at radius 1 is 1.22 bits per heavy atom. The lowest BCUT2D eigenvalue weighted by Gasteiger charge is -2.32. The number of nitrogens with one attached hydrogen (secondary N) is 3. The van der Waals surface area contributed by atoms with Crippen LogP contribution in [-0.4, -0.2) is 58.3 Å². The van der Waals surface area contributed by atoms with Gasteiger partial charge in [0, 0.05) is 36.4 Å². The maximum atomic E-state index is 13.1. The fraction of sp³-hybridized carbons (Fsp3) is 0.516. The Labute approximate surface area is 240 Å². The molecule has 3 heterocycles. The minimum absolute atomic E-state index is 0.00893. The summed E-state index contributed by atoms with van der Waals surface area (Å²) in [7, 11) is 1.59. The van der Waals surface area contributed by atoms with Gasteiger partial charge >= 0.3 is 0 Å². The van der Waals surface area contributed by atoms with Gasteiger partial charge in [-0.3, -0.25) is 20.0 Å². The van der Waals surface area contributed by atoms with Crippen molar-refractivity contribution < 1.29 is 23.8 Å². The van der Waals surface area contributed by atoms with Gasteiger partial charge in [0.15, 0.2) is 5.76 Å². The van der Waals surface area contributed by atoms with Crippen molar-refractivity contribution >= 4 is 28.3 Å². The number of carbonyl (C=O) groups excluding carboxylic acids is 2. The number of carbonyl (C=O) groups is 2. The molecule has 0 unspecified atom stereocenters. The lowest BCUT2D eigenvalue weighted by molar-refractivity contribution is -0.119. The van der Waals surface area contributed by atoms with Gasteiger partial charge in [0.25, 0.3) is 5.91 Å². The van der Waals surface area contributed by atoms with Crippen LogP contribution in [0.3, 0.4) is 0 Å². The Morgan fingerprint density at radius 2 is 2.00 bits per heavy atom. The Bertz CT molecular complexity index is 1380. The van der Waals surface area contributed by atoms with Gasteiger partial charge in [-0.05, 0) is 57.8 Å². The Hall–Kier alpha value is -3.63. The number of Topliss-reactive ketones (excluding diaryl/α,β-unsaturated/α-hetero) is 1. The molecule has 1 fully saturated rings. The van der Waals surface area contributed by atoms with Crippen molar-refractivity contribution in [3.05, 3.63) is 42.0 Å². The fourth-order valence-corrected chi connectivity index (χ4v) is 5.19. The summed E-state index contributed by atoms with van der Waals surface area (Å²) >= 11 is 0. The normalized spacial score (nSPS) is 15.4. The zero-order chi connectivity index (χ0) is 29.4. The third kappa shape index (κ3) is 7.98. The second kappa shape index (κ2) is 13.8. The number of piperidine rings is 1. The topological polar surface area (TPSA) is 150 Å². The van der Waals surface area contributed by atoms with Crippen LogP contribution >= 0.6 is 0 Å². The zero-order valence-corrected chi connectivity index (χ0v) is 24.2. The SMILES string of the molecule is CCC(=O)CCCCC[C@H](NC(=O)C(=N)CC1(O)CCNCC1)c1ncc(-c2cc3ccc(C)nc3cc2OC)o1. The highest BCUT2D eigenvalue weighted by molar-refractivity contribution is 6.37. The highest BCUT2D eigenvalue weighted by atomic mass is 16.5. The van der Waals surface area contributed by atoms with Gasteiger partial charge in [-0.2, -0.15) is 0 Å². The molecule has 1 aliphatic rings. The van der Waals surface area contributed by atoms with Crippen molar-refractivity contribution in [3.8, 4) is 17.1 Å². The number of amides is 1. The number of oxazole rings is 1. The predicted molar refractivity (Wildman–Crippen MR) is 157 cm³/mol. The quantitative estimate of drug-likeness (QED) is 0.161. The molecule has 0 bridgehead atoms. The highest BCUT2D eigenvalue weighted by Gasteiger charge is 2.33. The molecular weight excluding hydrogens is 522 g/mol. The summed E-state index contributed by atoms with van der Waals surface area (Å²) in [5, 5.41) is 26.3. The van der Waals surface area contributed by atoms with Crippen LogP contribution in [0.2, 0.25) is 0 Å². The van der Waals surface area contributed by atoms with Crippen LogP contribution in [0, 0.1) is 12.3 Å². The van der Waals surface area contributed by atoms with E-state index in [1.165, 1.54) is 0 Å². The van der Waals surface area contributed by atoms with Crippen LogP contribution in [0.15, 0.2) is 34.9 Å². The summed E-state index contributed by atoms with van der Waals surface area (Å²) < 4.78 is 11.8. The van der Waals surface area contributed by atoms with Crippen molar-refractivity contribution in [1.82, 2.24) is 20.6 Å². The van der Waals surface area contributed by atoms with Crippen LogP contribution in [0.1, 0.15) is 82.3 Å². The smallest absolute Gasteiger partial charge is 0.265 e. The van der Waals surface area contributed by atoms with Gasteiger partial charge in [-0.15, -0.1) is 0 Å². The van der Waals surface area contributed by atoms with Gasteiger partial charge in [0.05, 0.1) is 35.7 Å². The van der Waals surface area contributed by atoms with Gasteiger partial charge in [-0.1, -0.05) is 25.8 Å². The van der Waals surface area contributed by atoms with E-state index in [4.69, 9.17) is 14.6 Å². The summed E-state index contributed by atoms with van der Waals surface area (Å²) in [6, 6.07) is 7.17. The molecule has 2 aromatic heterocycles. The number of rotatable bonds is 14. The number of aliphatic hydroxyl groups is 1. The maximum absolute atomic E-state index is 13.1. The van der Waals surface area contributed by atoms with Crippen LogP contribution in [0.4, 0.5) is 0 Å². The summed E-state index contributed by atoms with van der Waals surface area (Å²) in [6.45, 7) is 5.11. The number of aromatic nitrogens is 2. The van der Waals surface area contributed by atoms with E-state index in [1.807, 2.05) is 38.1 Å². The first kappa shape index (κ1) is 30.3.